The molecule has 0 bridgehead atoms. The predicted molar refractivity (Wildman–Crippen MR) is 44.1 cm³/mol. The second-order valence-electron chi connectivity index (χ2n) is 2.16. The van der Waals surface area contributed by atoms with Gasteiger partial charge >= 0.3 is 0 Å². The molecule has 1 aromatic carbocycles. The monoisotopic (exact) mass is 162 g/mol. The topological polar surface area (TPSA) is 65.3 Å². The first-order valence-electron chi connectivity index (χ1n) is 3.33. The van der Waals surface area contributed by atoms with Crippen LogP contribution in [0.1, 0.15) is 10.4 Å². The SMILES string of the molecule is [CH2]NC(=O)c1ccc(N=N)cc1. The van der Waals surface area contributed by atoms with Gasteiger partial charge in [-0.1, -0.05) is 0 Å². The highest BCUT2D eigenvalue weighted by molar-refractivity contribution is 5.94. The predicted octanol–water partition coefficient (Wildman–Crippen LogP) is 1.87. The first-order valence-corrected chi connectivity index (χ1v) is 3.33. The molecule has 2 N–H and O–H groups in total. The summed E-state index contributed by atoms with van der Waals surface area (Å²) in [5.74, 6) is -0.244. The van der Waals surface area contributed by atoms with Gasteiger partial charge in [-0.3, -0.25) is 4.79 Å². The van der Waals surface area contributed by atoms with E-state index >= 15 is 0 Å². The highest BCUT2D eigenvalue weighted by Crippen LogP contribution is 2.11. The number of hydrogen-bond acceptors (Lipinski definition) is 3. The molecular formula is C8H8N3O. The number of carbonyl (C=O) groups excluding carboxylic acids is 1. The largest absolute Gasteiger partial charge is 0.350 e. The van der Waals surface area contributed by atoms with Gasteiger partial charge in [0.25, 0.3) is 5.91 Å². The number of carbonyl (C=O) groups is 1. The summed E-state index contributed by atoms with van der Waals surface area (Å²) in [6, 6.07) is 6.37. The van der Waals surface area contributed by atoms with E-state index in [1.54, 1.807) is 24.3 Å². The zero-order valence-electron chi connectivity index (χ0n) is 6.37. The van der Waals surface area contributed by atoms with Gasteiger partial charge in [-0.2, -0.15) is 5.11 Å². The van der Waals surface area contributed by atoms with E-state index < -0.39 is 0 Å². The van der Waals surface area contributed by atoms with Crippen molar-refractivity contribution in [3.63, 3.8) is 0 Å². The summed E-state index contributed by atoms with van der Waals surface area (Å²) in [6.07, 6.45) is 0. The van der Waals surface area contributed by atoms with Gasteiger partial charge in [0.2, 0.25) is 0 Å². The number of benzene rings is 1. The van der Waals surface area contributed by atoms with Crippen molar-refractivity contribution in [3.05, 3.63) is 36.9 Å². The van der Waals surface area contributed by atoms with Crippen molar-refractivity contribution in [1.29, 1.82) is 5.53 Å². The number of nitrogens with zero attached hydrogens (tertiary/aromatic N) is 1. The van der Waals surface area contributed by atoms with Gasteiger partial charge in [0, 0.05) is 12.6 Å². The summed E-state index contributed by atoms with van der Waals surface area (Å²) in [5, 5.41) is 5.45. The van der Waals surface area contributed by atoms with Crippen molar-refractivity contribution >= 4 is 11.6 Å². The molecule has 1 rings (SSSR count). The van der Waals surface area contributed by atoms with Gasteiger partial charge < -0.3 is 5.32 Å². The van der Waals surface area contributed by atoms with Gasteiger partial charge in [0.15, 0.2) is 0 Å². The fourth-order valence-electron chi connectivity index (χ4n) is 0.789. The molecule has 0 aromatic heterocycles. The molecule has 1 amide bonds. The standard InChI is InChI=1S/C8H8N3O/c1-10-8(12)6-2-4-7(11-9)5-3-6/h2-5,9H,1H2,(H,10,12). The highest BCUT2D eigenvalue weighted by Gasteiger charge is 2.00. The van der Waals surface area contributed by atoms with E-state index in [0.717, 1.165) is 0 Å². The molecule has 12 heavy (non-hydrogen) atoms. The van der Waals surface area contributed by atoms with Crippen LogP contribution < -0.4 is 5.32 Å². The lowest BCUT2D eigenvalue weighted by Gasteiger charge is -1.97. The molecule has 0 spiro atoms. The third kappa shape index (κ3) is 1.66. The van der Waals surface area contributed by atoms with Crippen molar-refractivity contribution in [2.45, 2.75) is 0 Å². The van der Waals surface area contributed by atoms with Gasteiger partial charge in [-0.25, -0.2) is 5.53 Å². The lowest BCUT2D eigenvalue weighted by molar-refractivity contribution is 0.0969. The second kappa shape index (κ2) is 3.61. The van der Waals surface area contributed by atoms with Gasteiger partial charge in [0.1, 0.15) is 0 Å². The summed E-state index contributed by atoms with van der Waals surface area (Å²) >= 11 is 0. The molecule has 1 aromatic rings. The molecule has 0 atom stereocenters. The van der Waals surface area contributed by atoms with Gasteiger partial charge in [0.05, 0.1) is 5.69 Å². The van der Waals surface area contributed by atoms with E-state index in [4.69, 9.17) is 5.53 Å². The zero-order chi connectivity index (χ0) is 8.97. The Kier molecular flexibility index (Phi) is 2.53. The minimum Gasteiger partial charge on any atom is -0.350 e. The molecule has 0 unspecified atom stereocenters. The Balaban J connectivity index is 2.91. The average molecular weight is 162 g/mol. The summed E-state index contributed by atoms with van der Waals surface area (Å²) < 4.78 is 0. The first-order chi connectivity index (χ1) is 5.77. The molecule has 0 aliphatic rings. The second-order valence-corrected chi connectivity index (χ2v) is 2.16. The third-order valence-electron chi connectivity index (χ3n) is 1.42. The fraction of sp³-hybridized carbons (Fsp3) is 0. The third-order valence-corrected chi connectivity index (χ3v) is 1.42. The van der Waals surface area contributed by atoms with Gasteiger partial charge in [-0.15, -0.1) is 0 Å². The number of rotatable bonds is 2. The van der Waals surface area contributed by atoms with Crippen molar-refractivity contribution in [2.75, 3.05) is 0 Å². The van der Waals surface area contributed by atoms with Crippen LogP contribution in [0.15, 0.2) is 29.4 Å². The molecule has 0 saturated heterocycles. The maximum Gasteiger partial charge on any atom is 0.251 e. The van der Waals surface area contributed by atoms with Crippen molar-refractivity contribution in [3.8, 4) is 0 Å². The average Bonchev–Trinajstić information content (AvgIpc) is 2.17. The summed E-state index contributed by atoms with van der Waals surface area (Å²) in [5.41, 5.74) is 7.71. The lowest BCUT2D eigenvalue weighted by Crippen LogP contribution is -2.14. The van der Waals surface area contributed by atoms with Crippen LogP contribution in [0, 0.1) is 12.6 Å². The van der Waals surface area contributed by atoms with E-state index in [1.165, 1.54) is 0 Å². The molecule has 1 radical (unpaired) electrons. The van der Waals surface area contributed by atoms with Crippen LogP contribution >= 0.6 is 0 Å². The number of nitrogens with one attached hydrogen (secondary N) is 2. The van der Waals surface area contributed by atoms with Crippen LogP contribution in [0.4, 0.5) is 5.69 Å². The Morgan fingerprint density at radius 2 is 2.00 bits per heavy atom. The smallest absolute Gasteiger partial charge is 0.251 e. The molecule has 0 fully saturated rings. The molecule has 61 valence electrons. The number of hydrogen-bond donors (Lipinski definition) is 2. The Hall–Kier alpha value is -1.71. The van der Waals surface area contributed by atoms with Crippen LogP contribution in [0.25, 0.3) is 0 Å². The first kappa shape index (κ1) is 8.39. The summed E-state index contributed by atoms with van der Waals surface area (Å²) in [6.45, 7) is 0. The minimum atomic E-state index is -0.244. The van der Waals surface area contributed by atoms with Crippen LogP contribution in [-0.4, -0.2) is 5.91 Å². The number of amides is 1. The fourth-order valence-corrected chi connectivity index (χ4v) is 0.789. The molecule has 0 heterocycles. The van der Waals surface area contributed by atoms with Crippen LogP contribution in [0.2, 0.25) is 0 Å². The van der Waals surface area contributed by atoms with E-state index in [9.17, 15) is 4.79 Å². The van der Waals surface area contributed by atoms with Crippen molar-refractivity contribution in [2.24, 2.45) is 5.11 Å². The molecule has 4 heteroatoms. The lowest BCUT2D eigenvalue weighted by atomic mass is 10.2. The summed E-state index contributed by atoms with van der Waals surface area (Å²) in [7, 11) is 3.24. The Bertz CT molecular complexity index is 292. The Labute approximate surface area is 70.1 Å². The normalized spacial score (nSPS) is 9.08. The molecule has 0 saturated carbocycles. The quantitative estimate of drug-likeness (QED) is 0.640. The maximum atomic E-state index is 11.0. The summed E-state index contributed by atoms with van der Waals surface area (Å²) in [4.78, 5) is 11.0. The maximum absolute atomic E-state index is 11.0. The van der Waals surface area contributed by atoms with Crippen LogP contribution in [0.5, 0.6) is 0 Å². The van der Waals surface area contributed by atoms with E-state index in [2.05, 4.69) is 17.5 Å². The molecule has 4 nitrogen and oxygen atoms in total. The van der Waals surface area contributed by atoms with Crippen LogP contribution in [-0.2, 0) is 0 Å². The van der Waals surface area contributed by atoms with E-state index in [-0.39, 0.29) is 5.91 Å². The minimum absolute atomic E-state index is 0.244. The van der Waals surface area contributed by atoms with E-state index in [0.29, 0.717) is 11.3 Å². The molecule has 0 aliphatic heterocycles. The van der Waals surface area contributed by atoms with E-state index in [1.807, 2.05) is 0 Å². The molecule has 0 aliphatic carbocycles. The van der Waals surface area contributed by atoms with Crippen molar-refractivity contribution in [1.82, 2.24) is 5.32 Å². The van der Waals surface area contributed by atoms with Gasteiger partial charge in [-0.05, 0) is 24.3 Å². The zero-order valence-corrected chi connectivity index (χ0v) is 6.37. The highest BCUT2D eigenvalue weighted by atomic mass is 16.1. The van der Waals surface area contributed by atoms with Crippen LogP contribution in [0.3, 0.4) is 0 Å². The van der Waals surface area contributed by atoms with Crippen molar-refractivity contribution < 1.29 is 4.79 Å². The Morgan fingerprint density at radius 3 is 2.42 bits per heavy atom. The molecular weight excluding hydrogens is 154 g/mol. The Morgan fingerprint density at radius 1 is 1.42 bits per heavy atom.